The first-order chi connectivity index (χ1) is 12.2. The van der Waals surface area contributed by atoms with Gasteiger partial charge in [0.15, 0.2) is 11.6 Å². The van der Waals surface area contributed by atoms with Crippen molar-refractivity contribution in [3.05, 3.63) is 60.2 Å². The summed E-state index contributed by atoms with van der Waals surface area (Å²) in [4.78, 5) is 4.77. The van der Waals surface area contributed by atoms with E-state index in [1.165, 1.54) is 12.5 Å². The van der Waals surface area contributed by atoms with E-state index in [-0.39, 0.29) is 24.8 Å². The molecule has 6 heteroatoms. The van der Waals surface area contributed by atoms with Crippen LogP contribution < -0.4 is 4.74 Å². The minimum atomic E-state index is -0.740. The number of aliphatic hydroxyl groups excluding tert-OH is 1. The van der Waals surface area contributed by atoms with Crippen molar-refractivity contribution in [2.24, 2.45) is 0 Å². The summed E-state index contributed by atoms with van der Waals surface area (Å²) in [6.45, 7) is 0.429. The number of para-hydroxylation sites is 3. The fourth-order valence-corrected chi connectivity index (χ4v) is 3.28. The van der Waals surface area contributed by atoms with Crippen LogP contribution in [-0.2, 0) is 6.54 Å². The molecule has 0 radical (unpaired) electrons. The monoisotopic (exact) mass is 376 g/mol. The molecule has 1 aromatic heterocycles. The van der Waals surface area contributed by atoms with Crippen LogP contribution in [0.25, 0.3) is 11.0 Å². The Hall–Kier alpha value is -2.11. The molecular formula is C20H22ClFN2O2. The van der Waals surface area contributed by atoms with Gasteiger partial charge >= 0.3 is 0 Å². The highest BCUT2D eigenvalue weighted by Crippen LogP contribution is 2.37. The quantitative estimate of drug-likeness (QED) is 0.697. The molecule has 1 saturated carbocycles. The Kier molecular flexibility index (Phi) is 5.79. The van der Waals surface area contributed by atoms with Gasteiger partial charge in [-0.1, -0.05) is 30.7 Å². The number of benzene rings is 2. The molecule has 1 unspecified atom stereocenters. The smallest absolute Gasteiger partial charge is 0.165 e. The maximum absolute atomic E-state index is 13.6. The zero-order valence-corrected chi connectivity index (χ0v) is 15.2. The highest BCUT2D eigenvalue weighted by Gasteiger charge is 2.26. The van der Waals surface area contributed by atoms with Crippen molar-refractivity contribution in [3.8, 4) is 5.75 Å². The van der Waals surface area contributed by atoms with Gasteiger partial charge in [0, 0.05) is 5.92 Å². The number of fused-ring (bicyclic) bond motifs is 1. The van der Waals surface area contributed by atoms with Gasteiger partial charge in [0.1, 0.15) is 18.5 Å². The van der Waals surface area contributed by atoms with Gasteiger partial charge < -0.3 is 14.4 Å². The predicted molar refractivity (Wildman–Crippen MR) is 101 cm³/mol. The topological polar surface area (TPSA) is 47.3 Å². The summed E-state index contributed by atoms with van der Waals surface area (Å²) in [7, 11) is 0. The van der Waals surface area contributed by atoms with E-state index in [0.717, 1.165) is 29.7 Å². The van der Waals surface area contributed by atoms with Gasteiger partial charge in [-0.3, -0.25) is 0 Å². The van der Waals surface area contributed by atoms with E-state index in [1.54, 1.807) is 18.2 Å². The SMILES string of the molecule is Cl.OC(COc1ccccc1F)Cn1c(C2CCC2)nc2ccccc21. The summed E-state index contributed by atoms with van der Waals surface area (Å²) < 4.78 is 21.2. The van der Waals surface area contributed by atoms with Crippen LogP contribution in [0.2, 0.25) is 0 Å². The number of hydrogen-bond acceptors (Lipinski definition) is 3. The van der Waals surface area contributed by atoms with Crippen LogP contribution in [0.4, 0.5) is 4.39 Å². The summed E-state index contributed by atoms with van der Waals surface area (Å²) in [5, 5.41) is 10.4. The van der Waals surface area contributed by atoms with E-state index in [4.69, 9.17) is 9.72 Å². The zero-order valence-electron chi connectivity index (χ0n) is 14.3. The second-order valence-corrected chi connectivity index (χ2v) is 6.59. The minimum absolute atomic E-state index is 0. The fourth-order valence-electron chi connectivity index (χ4n) is 3.28. The molecule has 0 saturated heterocycles. The molecule has 4 rings (SSSR count). The Balaban J connectivity index is 0.00000196. The molecule has 0 amide bonds. The largest absolute Gasteiger partial charge is 0.488 e. The van der Waals surface area contributed by atoms with Crippen molar-refractivity contribution in [2.45, 2.75) is 37.8 Å². The van der Waals surface area contributed by atoms with E-state index in [1.807, 2.05) is 24.3 Å². The van der Waals surface area contributed by atoms with Crippen molar-refractivity contribution >= 4 is 23.4 Å². The van der Waals surface area contributed by atoms with E-state index >= 15 is 0 Å². The van der Waals surface area contributed by atoms with Gasteiger partial charge in [0.05, 0.1) is 17.6 Å². The van der Waals surface area contributed by atoms with Gasteiger partial charge in [-0.2, -0.15) is 0 Å². The van der Waals surface area contributed by atoms with Gasteiger partial charge in [0.25, 0.3) is 0 Å². The zero-order chi connectivity index (χ0) is 17.2. The third-order valence-electron chi connectivity index (χ3n) is 4.82. The number of aliphatic hydroxyl groups is 1. The maximum atomic E-state index is 13.6. The van der Waals surface area contributed by atoms with E-state index in [2.05, 4.69) is 4.57 Å². The highest BCUT2D eigenvalue weighted by atomic mass is 35.5. The first kappa shape index (κ1) is 18.7. The first-order valence-corrected chi connectivity index (χ1v) is 8.73. The lowest BCUT2D eigenvalue weighted by Crippen LogP contribution is -2.26. The molecule has 4 nitrogen and oxygen atoms in total. The third kappa shape index (κ3) is 3.69. The average Bonchev–Trinajstić information content (AvgIpc) is 2.91. The van der Waals surface area contributed by atoms with Gasteiger partial charge in [-0.05, 0) is 37.1 Å². The molecule has 26 heavy (non-hydrogen) atoms. The van der Waals surface area contributed by atoms with Crippen LogP contribution in [0, 0.1) is 5.82 Å². The van der Waals surface area contributed by atoms with Crippen molar-refractivity contribution in [3.63, 3.8) is 0 Å². The minimum Gasteiger partial charge on any atom is -0.488 e. The molecule has 0 bridgehead atoms. The molecule has 2 aromatic carbocycles. The van der Waals surface area contributed by atoms with Crippen molar-refractivity contribution in [1.82, 2.24) is 9.55 Å². The van der Waals surface area contributed by atoms with E-state index < -0.39 is 11.9 Å². The maximum Gasteiger partial charge on any atom is 0.165 e. The number of hydrogen-bond donors (Lipinski definition) is 1. The van der Waals surface area contributed by atoms with Crippen LogP contribution in [0.3, 0.4) is 0 Å². The van der Waals surface area contributed by atoms with E-state index in [0.29, 0.717) is 12.5 Å². The Labute approximate surface area is 158 Å². The summed E-state index contributed by atoms with van der Waals surface area (Å²) in [5.41, 5.74) is 1.97. The predicted octanol–water partition coefficient (Wildman–Crippen LogP) is 4.30. The molecule has 3 aromatic rings. The molecule has 1 N–H and O–H groups in total. The second kappa shape index (κ2) is 8.06. The molecule has 1 aliphatic rings. The molecular weight excluding hydrogens is 355 g/mol. The normalized spacial score (nSPS) is 15.3. The summed E-state index contributed by atoms with van der Waals surface area (Å²) >= 11 is 0. The molecule has 0 aliphatic heterocycles. The molecule has 0 spiro atoms. The Morgan fingerprint density at radius 2 is 1.88 bits per heavy atom. The number of aromatic nitrogens is 2. The molecule has 1 atom stereocenters. The van der Waals surface area contributed by atoms with Gasteiger partial charge in [-0.15, -0.1) is 12.4 Å². The second-order valence-electron chi connectivity index (χ2n) is 6.59. The van der Waals surface area contributed by atoms with Crippen molar-refractivity contribution < 1.29 is 14.2 Å². The standard InChI is InChI=1S/C20H21FN2O2.ClH/c21-16-8-1-4-11-19(16)25-13-15(24)12-23-18-10-3-2-9-17(18)22-20(23)14-6-5-7-14;/h1-4,8-11,14-15,24H,5-7,12-13H2;1H. The molecule has 1 aliphatic carbocycles. The van der Waals surface area contributed by atoms with Gasteiger partial charge in [0.2, 0.25) is 0 Å². The van der Waals surface area contributed by atoms with Gasteiger partial charge in [-0.25, -0.2) is 9.37 Å². The number of ether oxygens (including phenoxy) is 1. The number of halogens is 2. The van der Waals surface area contributed by atoms with Crippen LogP contribution in [0.5, 0.6) is 5.75 Å². The lowest BCUT2D eigenvalue weighted by Gasteiger charge is -2.26. The number of imidazole rings is 1. The first-order valence-electron chi connectivity index (χ1n) is 8.73. The Morgan fingerprint density at radius 3 is 2.62 bits per heavy atom. The Morgan fingerprint density at radius 1 is 1.15 bits per heavy atom. The van der Waals surface area contributed by atoms with E-state index in [9.17, 15) is 9.50 Å². The van der Waals surface area contributed by atoms with Crippen LogP contribution >= 0.6 is 12.4 Å². The highest BCUT2D eigenvalue weighted by molar-refractivity contribution is 5.85. The average molecular weight is 377 g/mol. The van der Waals surface area contributed by atoms with Crippen molar-refractivity contribution in [2.75, 3.05) is 6.61 Å². The van der Waals surface area contributed by atoms with Crippen molar-refractivity contribution in [1.29, 1.82) is 0 Å². The van der Waals surface area contributed by atoms with Crippen LogP contribution in [-0.4, -0.2) is 27.4 Å². The molecule has 1 fully saturated rings. The molecule has 138 valence electrons. The van der Waals surface area contributed by atoms with Crippen LogP contribution in [0.1, 0.15) is 31.0 Å². The summed E-state index contributed by atoms with van der Waals surface area (Å²) in [6, 6.07) is 14.2. The number of rotatable bonds is 6. The van der Waals surface area contributed by atoms with Crippen LogP contribution in [0.15, 0.2) is 48.5 Å². The summed E-state index contributed by atoms with van der Waals surface area (Å²) in [5.74, 6) is 1.25. The lowest BCUT2D eigenvalue weighted by molar-refractivity contribution is 0.0900. The summed E-state index contributed by atoms with van der Waals surface area (Å²) in [6.07, 6.45) is 2.78. The molecule has 1 heterocycles. The third-order valence-corrected chi connectivity index (χ3v) is 4.82. The lowest BCUT2D eigenvalue weighted by atomic mass is 9.85. The Bertz CT molecular complexity index is 879. The fraction of sp³-hybridized carbons (Fsp3) is 0.350. The number of nitrogens with zero attached hydrogens (tertiary/aromatic N) is 2.